The number of nitrogens with one attached hydrogen (secondary N) is 1. The minimum Gasteiger partial charge on any atom is -0.298 e. The Hall–Kier alpha value is -3.46. The first-order valence-corrected chi connectivity index (χ1v) is 8.84. The normalized spacial score (nSPS) is 10.9. The Kier molecular flexibility index (Phi) is 5.85. The molecule has 3 aromatic rings. The number of hydrogen-bond donors (Lipinski definition) is 1. The van der Waals surface area contributed by atoms with Gasteiger partial charge in [-0.2, -0.15) is 0 Å². The Bertz CT molecular complexity index is 1070. The van der Waals surface area contributed by atoms with E-state index in [1.165, 1.54) is 60.0 Å². The van der Waals surface area contributed by atoms with Crippen molar-refractivity contribution in [3.63, 3.8) is 0 Å². The summed E-state index contributed by atoms with van der Waals surface area (Å²) < 4.78 is 26.7. The van der Waals surface area contributed by atoms with Gasteiger partial charge in [0, 0.05) is 41.8 Å². The van der Waals surface area contributed by atoms with Gasteiger partial charge in [-0.05, 0) is 23.3 Å². The third-order valence-electron chi connectivity index (χ3n) is 3.67. The van der Waals surface area contributed by atoms with Crippen molar-refractivity contribution in [1.82, 2.24) is 4.98 Å². The van der Waals surface area contributed by atoms with Crippen molar-refractivity contribution in [2.75, 3.05) is 5.32 Å². The third-order valence-corrected chi connectivity index (χ3v) is 4.58. The van der Waals surface area contributed by atoms with Gasteiger partial charge in [0.15, 0.2) is 5.13 Å². The van der Waals surface area contributed by atoms with E-state index in [1.54, 1.807) is 6.07 Å². The Labute approximate surface area is 162 Å². The summed E-state index contributed by atoms with van der Waals surface area (Å²) >= 11 is 1.17. The Morgan fingerprint density at radius 2 is 2.07 bits per heavy atom. The van der Waals surface area contributed by atoms with E-state index < -0.39 is 22.5 Å². The maximum Gasteiger partial charge on any atom is 0.270 e. The zero-order valence-electron chi connectivity index (χ0n) is 14.3. The second kappa shape index (κ2) is 8.49. The summed E-state index contributed by atoms with van der Waals surface area (Å²) in [5.41, 5.74) is 0.768. The summed E-state index contributed by atoms with van der Waals surface area (Å²) in [5, 5.41) is 13.7. The van der Waals surface area contributed by atoms with Crippen molar-refractivity contribution in [2.24, 2.45) is 0 Å². The number of nitro benzene ring substituents is 1. The van der Waals surface area contributed by atoms with Crippen molar-refractivity contribution in [3.8, 4) is 0 Å². The summed E-state index contributed by atoms with van der Waals surface area (Å²) in [5.74, 6) is -1.74. The zero-order valence-corrected chi connectivity index (χ0v) is 15.1. The molecule has 6 nitrogen and oxygen atoms in total. The molecule has 0 unspecified atom stereocenters. The second-order valence-corrected chi connectivity index (χ2v) is 6.83. The number of halogens is 2. The lowest BCUT2D eigenvalue weighted by molar-refractivity contribution is -0.384. The van der Waals surface area contributed by atoms with E-state index in [0.29, 0.717) is 21.1 Å². The molecule has 1 aromatic heterocycles. The van der Waals surface area contributed by atoms with Crippen molar-refractivity contribution >= 4 is 34.1 Å². The van der Waals surface area contributed by atoms with Crippen LogP contribution in [0.2, 0.25) is 0 Å². The highest BCUT2D eigenvalue weighted by Crippen LogP contribution is 2.23. The van der Waals surface area contributed by atoms with Crippen molar-refractivity contribution in [3.05, 3.63) is 92.5 Å². The van der Waals surface area contributed by atoms with Crippen LogP contribution in [0.1, 0.15) is 16.0 Å². The van der Waals surface area contributed by atoms with Crippen LogP contribution < -0.4 is 5.32 Å². The molecule has 142 valence electrons. The minimum absolute atomic E-state index is 0.0693. The number of aromatic nitrogens is 1. The van der Waals surface area contributed by atoms with Crippen LogP contribution in [0.25, 0.3) is 6.08 Å². The number of amides is 1. The summed E-state index contributed by atoms with van der Waals surface area (Å²) in [4.78, 5) is 27.0. The van der Waals surface area contributed by atoms with Crippen molar-refractivity contribution in [1.29, 1.82) is 0 Å². The molecule has 0 bridgehead atoms. The molecule has 0 radical (unpaired) electrons. The van der Waals surface area contributed by atoms with Crippen LogP contribution in [-0.2, 0) is 11.2 Å². The lowest BCUT2D eigenvalue weighted by Crippen LogP contribution is -2.07. The molecule has 2 aromatic carbocycles. The molecule has 0 saturated heterocycles. The highest BCUT2D eigenvalue weighted by molar-refractivity contribution is 7.15. The van der Waals surface area contributed by atoms with Gasteiger partial charge in [0.25, 0.3) is 5.69 Å². The maximum absolute atomic E-state index is 13.7. The van der Waals surface area contributed by atoms with Gasteiger partial charge in [-0.3, -0.25) is 20.2 Å². The number of anilines is 1. The van der Waals surface area contributed by atoms with Gasteiger partial charge in [0.2, 0.25) is 5.91 Å². The lowest BCUT2D eigenvalue weighted by Gasteiger charge is -2.00. The molecule has 0 aliphatic rings. The number of rotatable bonds is 6. The number of nitrogens with zero attached hydrogens (tertiary/aromatic N) is 2. The largest absolute Gasteiger partial charge is 0.298 e. The molecule has 1 heterocycles. The number of non-ortho nitro benzene ring substituents is 1. The van der Waals surface area contributed by atoms with Crippen LogP contribution in [0.3, 0.4) is 0 Å². The first-order valence-electron chi connectivity index (χ1n) is 8.03. The molecule has 0 aliphatic heterocycles. The van der Waals surface area contributed by atoms with Gasteiger partial charge in [0.1, 0.15) is 11.6 Å². The molecule has 0 aliphatic carbocycles. The van der Waals surface area contributed by atoms with Crippen molar-refractivity contribution < 1.29 is 18.5 Å². The average molecular weight is 401 g/mol. The van der Waals surface area contributed by atoms with Crippen LogP contribution in [0, 0.1) is 21.7 Å². The molecule has 28 heavy (non-hydrogen) atoms. The first kappa shape index (κ1) is 19.3. The predicted octanol–water partition coefficient (Wildman–Crippen LogP) is 4.57. The van der Waals surface area contributed by atoms with Crippen LogP contribution in [-0.4, -0.2) is 15.8 Å². The molecule has 0 saturated carbocycles. The zero-order chi connectivity index (χ0) is 20.1. The predicted molar refractivity (Wildman–Crippen MR) is 102 cm³/mol. The number of carbonyl (C=O) groups excluding carboxylic acids is 1. The Morgan fingerprint density at radius 3 is 2.82 bits per heavy atom. The van der Waals surface area contributed by atoms with Crippen LogP contribution in [0.4, 0.5) is 19.6 Å². The first-order chi connectivity index (χ1) is 13.4. The fourth-order valence-electron chi connectivity index (χ4n) is 2.36. The van der Waals surface area contributed by atoms with Crippen LogP contribution in [0.15, 0.2) is 54.7 Å². The van der Waals surface area contributed by atoms with Gasteiger partial charge >= 0.3 is 0 Å². The molecule has 0 fully saturated rings. The van der Waals surface area contributed by atoms with E-state index in [0.717, 1.165) is 6.07 Å². The van der Waals surface area contributed by atoms with E-state index in [4.69, 9.17) is 0 Å². The highest BCUT2D eigenvalue weighted by Gasteiger charge is 2.09. The molecule has 1 N–H and O–H groups in total. The van der Waals surface area contributed by atoms with Crippen molar-refractivity contribution in [2.45, 2.75) is 6.42 Å². The topological polar surface area (TPSA) is 85.1 Å². The van der Waals surface area contributed by atoms with E-state index >= 15 is 0 Å². The minimum atomic E-state index is -0.644. The summed E-state index contributed by atoms with van der Waals surface area (Å²) in [6, 6.07) is 9.23. The molecular weight excluding hydrogens is 388 g/mol. The van der Waals surface area contributed by atoms with Crippen LogP contribution in [0.5, 0.6) is 0 Å². The molecule has 0 spiro atoms. The average Bonchev–Trinajstić information content (AvgIpc) is 3.09. The number of benzene rings is 2. The fourth-order valence-corrected chi connectivity index (χ4v) is 3.20. The van der Waals surface area contributed by atoms with Crippen LogP contribution >= 0.6 is 11.3 Å². The van der Waals surface area contributed by atoms with E-state index in [9.17, 15) is 23.7 Å². The van der Waals surface area contributed by atoms with E-state index in [-0.39, 0.29) is 12.1 Å². The molecule has 3 rings (SSSR count). The number of nitro groups is 1. The molecule has 9 heteroatoms. The molecule has 1 amide bonds. The second-order valence-electron chi connectivity index (χ2n) is 5.72. The highest BCUT2D eigenvalue weighted by atomic mass is 32.1. The number of carbonyl (C=O) groups is 1. The Morgan fingerprint density at radius 1 is 1.25 bits per heavy atom. The summed E-state index contributed by atoms with van der Waals surface area (Å²) in [6.07, 6.45) is 4.42. The number of thiazole rings is 1. The van der Waals surface area contributed by atoms with Gasteiger partial charge in [-0.15, -0.1) is 11.3 Å². The smallest absolute Gasteiger partial charge is 0.270 e. The quantitative estimate of drug-likeness (QED) is 0.372. The number of hydrogen-bond acceptors (Lipinski definition) is 5. The maximum atomic E-state index is 13.7. The van der Waals surface area contributed by atoms with Gasteiger partial charge < -0.3 is 0 Å². The van der Waals surface area contributed by atoms with Gasteiger partial charge in [-0.1, -0.05) is 18.2 Å². The Balaban J connectivity index is 1.62. The fraction of sp³-hybridized carbons (Fsp3) is 0.0526. The lowest BCUT2D eigenvalue weighted by atomic mass is 10.1. The summed E-state index contributed by atoms with van der Waals surface area (Å²) in [7, 11) is 0. The van der Waals surface area contributed by atoms with Gasteiger partial charge in [-0.25, -0.2) is 13.8 Å². The third kappa shape index (κ3) is 5.04. The molecular formula is C19H13F2N3O3S. The van der Waals surface area contributed by atoms with E-state index in [2.05, 4.69) is 10.3 Å². The standard InChI is InChI=1S/C19H13F2N3O3S/c20-14-6-5-13(17(21)10-14)9-16-11-22-19(28-16)23-18(25)7-4-12-2-1-3-15(8-12)24(26)27/h1-8,10-11H,9H2,(H,22,23,25). The molecule has 0 atom stereocenters. The summed E-state index contributed by atoms with van der Waals surface area (Å²) in [6.45, 7) is 0. The van der Waals surface area contributed by atoms with E-state index in [1.807, 2.05) is 0 Å². The van der Waals surface area contributed by atoms with Gasteiger partial charge in [0.05, 0.1) is 4.92 Å². The SMILES string of the molecule is O=C(C=Cc1cccc([N+](=O)[O-])c1)Nc1ncc(Cc2ccc(F)cc2F)s1. The monoisotopic (exact) mass is 401 g/mol.